The minimum absolute atomic E-state index is 0.0122. The smallest absolute Gasteiger partial charge is 0.164 e. The van der Waals surface area contributed by atoms with Crippen LogP contribution in [0.25, 0.3) is 0 Å². The Kier molecular flexibility index (Phi) is 5.20. The van der Waals surface area contributed by atoms with E-state index in [1.54, 1.807) is 0 Å². The number of rotatable bonds is 6. The lowest BCUT2D eigenvalue weighted by molar-refractivity contribution is -0.132. The van der Waals surface area contributed by atoms with E-state index in [0.29, 0.717) is 31.5 Å². The lowest BCUT2D eigenvalue weighted by atomic mass is 9.76. The topological polar surface area (TPSA) is 52.6 Å². The van der Waals surface area contributed by atoms with E-state index in [0.717, 1.165) is 19.3 Å². The lowest BCUT2D eigenvalue weighted by Gasteiger charge is -2.25. The van der Waals surface area contributed by atoms with E-state index in [1.807, 2.05) is 27.7 Å². The van der Waals surface area contributed by atoms with Gasteiger partial charge in [-0.1, -0.05) is 27.7 Å². The summed E-state index contributed by atoms with van der Waals surface area (Å²) >= 11 is 0. The summed E-state index contributed by atoms with van der Waals surface area (Å²) in [7, 11) is 0. The van der Waals surface area contributed by atoms with Gasteiger partial charge >= 0.3 is 0 Å². The Morgan fingerprint density at radius 1 is 1.29 bits per heavy atom. The van der Waals surface area contributed by atoms with Gasteiger partial charge < -0.3 is 9.47 Å². The maximum absolute atomic E-state index is 12.6. The van der Waals surface area contributed by atoms with Crippen LogP contribution >= 0.6 is 0 Å². The van der Waals surface area contributed by atoms with Crippen molar-refractivity contribution in [3.8, 4) is 0 Å². The first-order valence-corrected chi connectivity index (χ1v) is 8.11. The van der Waals surface area contributed by atoms with Gasteiger partial charge in [0.2, 0.25) is 0 Å². The van der Waals surface area contributed by atoms with E-state index >= 15 is 0 Å². The van der Waals surface area contributed by atoms with Crippen LogP contribution in [0.3, 0.4) is 0 Å². The fourth-order valence-electron chi connectivity index (χ4n) is 3.49. The molecule has 4 atom stereocenters. The third-order valence-electron chi connectivity index (χ3n) is 4.92. The van der Waals surface area contributed by atoms with Gasteiger partial charge in [0, 0.05) is 18.4 Å². The van der Waals surface area contributed by atoms with Crippen LogP contribution in [0.1, 0.15) is 47.0 Å². The predicted molar refractivity (Wildman–Crippen MR) is 80.0 cm³/mol. The summed E-state index contributed by atoms with van der Waals surface area (Å²) in [6.07, 6.45) is 2.15. The molecule has 120 valence electrons. The molecule has 2 fully saturated rings. The van der Waals surface area contributed by atoms with Crippen molar-refractivity contribution in [3.05, 3.63) is 0 Å². The van der Waals surface area contributed by atoms with Crippen LogP contribution in [0.15, 0.2) is 0 Å². The maximum Gasteiger partial charge on any atom is 0.164 e. The predicted octanol–water partition coefficient (Wildman–Crippen LogP) is 2.64. The summed E-state index contributed by atoms with van der Waals surface area (Å²) in [5, 5.41) is 0. The molecule has 0 aliphatic carbocycles. The van der Waals surface area contributed by atoms with Gasteiger partial charge in [0.05, 0.1) is 18.6 Å². The van der Waals surface area contributed by atoms with Crippen LogP contribution in [0.5, 0.6) is 0 Å². The van der Waals surface area contributed by atoms with Gasteiger partial charge in [0.1, 0.15) is 11.9 Å². The second-order valence-electron chi connectivity index (χ2n) is 7.35. The standard InChI is InChI=1S/C17H28O4/c1-11(2)15(18)14-8-13(9-21-14)7-12(3)16(19)17(4)5-6-20-10-17/h11-14H,5-10H2,1-4H3/t12?,13?,14-,17?/m0/s1. The van der Waals surface area contributed by atoms with Gasteiger partial charge in [-0.2, -0.15) is 0 Å². The van der Waals surface area contributed by atoms with Crippen molar-refractivity contribution in [2.24, 2.45) is 23.2 Å². The number of hydrogen-bond acceptors (Lipinski definition) is 4. The van der Waals surface area contributed by atoms with Crippen LogP contribution in [0.2, 0.25) is 0 Å². The number of ketones is 2. The van der Waals surface area contributed by atoms with E-state index < -0.39 is 0 Å². The third kappa shape index (κ3) is 3.72. The molecular formula is C17H28O4. The van der Waals surface area contributed by atoms with Crippen LogP contribution in [0, 0.1) is 23.2 Å². The summed E-state index contributed by atoms with van der Waals surface area (Å²) in [4.78, 5) is 24.6. The van der Waals surface area contributed by atoms with E-state index in [2.05, 4.69) is 0 Å². The molecule has 0 saturated carbocycles. The average Bonchev–Trinajstić information content (AvgIpc) is 3.07. The quantitative estimate of drug-likeness (QED) is 0.756. The molecule has 0 aromatic rings. The number of Topliss-reactive ketones (excluding diaryl/α,β-unsaturated/α-hetero) is 2. The molecule has 3 unspecified atom stereocenters. The molecule has 2 saturated heterocycles. The van der Waals surface area contributed by atoms with E-state index in [4.69, 9.17) is 9.47 Å². The van der Waals surface area contributed by atoms with E-state index in [9.17, 15) is 9.59 Å². The third-order valence-corrected chi connectivity index (χ3v) is 4.92. The highest BCUT2D eigenvalue weighted by Crippen LogP contribution is 2.35. The molecule has 0 N–H and O–H groups in total. The van der Waals surface area contributed by atoms with Crippen molar-refractivity contribution in [1.29, 1.82) is 0 Å². The van der Waals surface area contributed by atoms with Crippen LogP contribution in [-0.2, 0) is 19.1 Å². The molecule has 0 radical (unpaired) electrons. The minimum atomic E-state index is -0.313. The van der Waals surface area contributed by atoms with E-state index in [1.165, 1.54) is 0 Å². The Labute approximate surface area is 127 Å². The number of hydrogen-bond donors (Lipinski definition) is 0. The largest absolute Gasteiger partial charge is 0.380 e. The van der Waals surface area contributed by atoms with Crippen LogP contribution in [-0.4, -0.2) is 37.5 Å². The second kappa shape index (κ2) is 6.57. The molecule has 0 aromatic heterocycles. The Hall–Kier alpha value is -0.740. The van der Waals surface area contributed by atoms with Crippen molar-refractivity contribution in [2.45, 2.75) is 53.1 Å². The Morgan fingerprint density at radius 3 is 2.57 bits per heavy atom. The molecular weight excluding hydrogens is 268 g/mol. The molecule has 2 aliphatic rings. The Balaban J connectivity index is 1.85. The first-order valence-electron chi connectivity index (χ1n) is 8.11. The minimum Gasteiger partial charge on any atom is -0.380 e. The monoisotopic (exact) mass is 296 g/mol. The zero-order chi connectivity index (χ0) is 15.6. The highest BCUT2D eigenvalue weighted by Gasteiger charge is 2.41. The number of carbonyl (C=O) groups is 2. The van der Waals surface area contributed by atoms with Gasteiger partial charge in [-0.15, -0.1) is 0 Å². The van der Waals surface area contributed by atoms with Crippen molar-refractivity contribution in [2.75, 3.05) is 19.8 Å². The molecule has 2 aliphatic heterocycles. The fourth-order valence-corrected chi connectivity index (χ4v) is 3.49. The van der Waals surface area contributed by atoms with Gasteiger partial charge in [-0.3, -0.25) is 9.59 Å². The van der Waals surface area contributed by atoms with E-state index in [-0.39, 0.29) is 29.1 Å². The number of ether oxygens (including phenoxy) is 2. The second-order valence-corrected chi connectivity index (χ2v) is 7.35. The first kappa shape index (κ1) is 16.6. The highest BCUT2D eigenvalue weighted by molar-refractivity contribution is 5.87. The van der Waals surface area contributed by atoms with Gasteiger partial charge in [0.25, 0.3) is 0 Å². The molecule has 21 heavy (non-hydrogen) atoms. The van der Waals surface area contributed by atoms with Gasteiger partial charge in [-0.25, -0.2) is 0 Å². The van der Waals surface area contributed by atoms with Gasteiger partial charge in [-0.05, 0) is 25.2 Å². The van der Waals surface area contributed by atoms with Crippen molar-refractivity contribution < 1.29 is 19.1 Å². The normalized spacial score (nSPS) is 34.3. The summed E-state index contributed by atoms with van der Waals surface area (Å²) in [6.45, 7) is 9.67. The van der Waals surface area contributed by atoms with Crippen LogP contribution < -0.4 is 0 Å². The molecule has 0 amide bonds. The summed E-state index contributed by atoms with van der Waals surface area (Å²) in [6, 6.07) is 0. The average molecular weight is 296 g/mol. The SMILES string of the molecule is CC(C)C(=O)[C@@H]1CC(CC(C)C(=O)C2(C)CCOC2)CO1. The summed E-state index contributed by atoms with van der Waals surface area (Å²) in [5.41, 5.74) is -0.313. The maximum atomic E-state index is 12.6. The molecule has 2 heterocycles. The Morgan fingerprint density at radius 2 is 2.00 bits per heavy atom. The zero-order valence-electron chi connectivity index (χ0n) is 13.7. The molecule has 0 spiro atoms. The Bertz CT molecular complexity index is 396. The van der Waals surface area contributed by atoms with Crippen molar-refractivity contribution in [1.82, 2.24) is 0 Å². The molecule has 0 bridgehead atoms. The fraction of sp³-hybridized carbons (Fsp3) is 0.882. The van der Waals surface area contributed by atoms with Gasteiger partial charge in [0.15, 0.2) is 5.78 Å². The molecule has 4 nitrogen and oxygen atoms in total. The molecule has 4 heteroatoms. The highest BCUT2D eigenvalue weighted by atomic mass is 16.5. The first-order chi connectivity index (χ1) is 9.83. The zero-order valence-corrected chi connectivity index (χ0v) is 13.7. The summed E-state index contributed by atoms with van der Waals surface area (Å²) in [5.74, 6) is 0.842. The number of carbonyl (C=O) groups excluding carboxylic acids is 2. The lowest BCUT2D eigenvalue weighted by Crippen LogP contribution is -2.33. The van der Waals surface area contributed by atoms with Crippen molar-refractivity contribution >= 4 is 11.6 Å². The molecule has 2 rings (SSSR count). The molecule has 0 aromatic carbocycles. The summed E-state index contributed by atoms with van der Waals surface area (Å²) < 4.78 is 11.0. The van der Waals surface area contributed by atoms with Crippen LogP contribution in [0.4, 0.5) is 0 Å². The van der Waals surface area contributed by atoms with Crippen molar-refractivity contribution in [3.63, 3.8) is 0 Å².